The van der Waals surface area contributed by atoms with Crippen molar-refractivity contribution in [1.29, 1.82) is 0 Å². The van der Waals surface area contributed by atoms with Crippen molar-refractivity contribution in [3.63, 3.8) is 0 Å². The van der Waals surface area contributed by atoms with Crippen LogP contribution in [0.1, 0.15) is 23.7 Å². The van der Waals surface area contributed by atoms with E-state index in [2.05, 4.69) is 12.2 Å². The van der Waals surface area contributed by atoms with Gasteiger partial charge in [0, 0.05) is 50.0 Å². The lowest BCUT2D eigenvalue weighted by Crippen LogP contribution is -2.43. The van der Waals surface area contributed by atoms with Crippen LogP contribution in [-0.2, 0) is 7.05 Å². The van der Waals surface area contributed by atoms with Gasteiger partial charge in [-0.25, -0.2) is 0 Å². The third-order valence-corrected chi connectivity index (χ3v) is 4.37. The molecule has 1 N–H and O–H groups in total. The number of aryl methyl sites for hydroxylation is 1. The first-order valence-electron chi connectivity index (χ1n) is 6.78. The number of hydrogen-bond donors (Lipinski definition) is 1. The Balaban J connectivity index is 1.90. The predicted octanol–water partition coefficient (Wildman–Crippen LogP) is 0.208. The molecular formula is C14H19N3O2. The van der Waals surface area contributed by atoms with Crippen molar-refractivity contribution >= 4 is 5.91 Å². The summed E-state index contributed by atoms with van der Waals surface area (Å²) in [6.07, 6.45) is 2.70. The van der Waals surface area contributed by atoms with Crippen LogP contribution in [0.15, 0.2) is 23.1 Å². The number of hydrogen-bond acceptors (Lipinski definition) is 3. The number of fused-ring (bicyclic) bond motifs is 1. The Morgan fingerprint density at radius 1 is 1.42 bits per heavy atom. The number of carbonyl (C=O) groups excluding carboxylic acids is 1. The minimum absolute atomic E-state index is 0.0126. The maximum absolute atomic E-state index is 12.6. The lowest BCUT2D eigenvalue weighted by atomic mass is 10.0. The average molecular weight is 261 g/mol. The first kappa shape index (κ1) is 12.4. The van der Waals surface area contributed by atoms with Crippen molar-refractivity contribution in [3.05, 3.63) is 34.2 Å². The average Bonchev–Trinajstić information content (AvgIpc) is 2.91. The highest BCUT2D eigenvalue weighted by Gasteiger charge is 2.44. The molecule has 5 heteroatoms. The summed E-state index contributed by atoms with van der Waals surface area (Å²) >= 11 is 0. The minimum atomic E-state index is -0.140. The van der Waals surface area contributed by atoms with E-state index in [-0.39, 0.29) is 23.6 Å². The summed E-state index contributed by atoms with van der Waals surface area (Å²) in [5.74, 6) is 0.548. The van der Waals surface area contributed by atoms with Crippen molar-refractivity contribution in [1.82, 2.24) is 14.8 Å². The first-order valence-corrected chi connectivity index (χ1v) is 6.78. The van der Waals surface area contributed by atoms with Gasteiger partial charge < -0.3 is 14.8 Å². The molecule has 2 saturated heterocycles. The highest BCUT2D eigenvalue weighted by molar-refractivity contribution is 5.94. The van der Waals surface area contributed by atoms with Crippen molar-refractivity contribution in [2.75, 3.05) is 13.1 Å². The monoisotopic (exact) mass is 261 g/mol. The van der Waals surface area contributed by atoms with E-state index in [0.717, 1.165) is 19.5 Å². The van der Waals surface area contributed by atoms with Gasteiger partial charge in [0.2, 0.25) is 0 Å². The van der Waals surface area contributed by atoms with Gasteiger partial charge in [-0.1, -0.05) is 0 Å². The van der Waals surface area contributed by atoms with Gasteiger partial charge in [-0.2, -0.15) is 0 Å². The molecule has 3 unspecified atom stereocenters. The standard InChI is InChI=1S/C14H19N3O2/c1-9-5-11-7-15-8-12(11)17(9)14(19)10-3-4-16(2)13(18)6-10/h3-4,6,9,11-12,15H,5,7-8H2,1-2H3. The Hall–Kier alpha value is -1.62. The molecule has 5 nitrogen and oxygen atoms in total. The summed E-state index contributed by atoms with van der Waals surface area (Å²) in [5.41, 5.74) is 0.362. The zero-order chi connectivity index (χ0) is 13.6. The smallest absolute Gasteiger partial charge is 0.254 e. The molecule has 3 rings (SSSR count). The number of pyridine rings is 1. The van der Waals surface area contributed by atoms with E-state index in [1.807, 2.05) is 4.90 Å². The maximum Gasteiger partial charge on any atom is 0.254 e. The molecule has 0 aliphatic carbocycles. The predicted molar refractivity (Wildman–Crippen MR) is 72.1 cm³/mol. The third-order valence-electron chi connectivity index (χ3n) is 4.37. The van der Waals surface area contributed by atoms with Crippen LogP contribution in [0.5, 0.6) is 0 Å². The van der Waals surface area contributed by atoms with Crippen LogP contribution in [0.25, 0.3) is 0 Å². The fourth-order valence-corrected chi connectivity index (χ4v) is 3.35. The van der Waals surface area contributed by atoms with Crippen LogP contribution in [0.2, 0.25) is 0 Å². The molecule has 102 valence electrons. The second-order valence-corrected chi connectivity index (χ2v) is 5.65. The van der Waals surface area contributed by atoms with Crippen LogP contribution in [0.4, 0.5) is 0 Å². The highest BCUT2D eigenvalue weighted by atomic mass is 16.2. The number of nitrogens with zero attached hydrogens (tertiary/aromatic N) is 2. The number of amides is 1. The molecule has 0 aromatic carbocycles. The van der Waals surface area contributed by atoms with Gasteiger partial charge in [-0.05, 0) is 25.3 Å². The molecule has 0 bridgehead atoms. The number of nitrogens with one attached hydrogen (secondary N) is 1. The zero-order valence-corrected chi connectivity index (χ0v) is 11.3. The third kappa shape index (κ3) is 1.98. The van der Waals surface area contributed by atoms with E-state index in [4.69, 9.17) is 0 Å². The SMILES string of the molecule is CC1CC2CNCC2N1C(=O)c1ccn(C)c(=O)c1. The summed E-state index contributed by atoms with van der Waals surface area (Å²) in [6, 6.07) is 3.71. The van der Waals surface area contributed by atoms with E-state index in [0.29, 0.717) is 11.5 Å². The summed E-state index contributed by atoms with van der Waals surface area (Å²) < 4.78 is 1.48. The fraction of sp³-hybridized carbons (Fsp3) is 0.571. The molecule has 0 saturated carbocycles. The topological polar surface area (TPSA) is 54.3 Å². The van der Waals surface area contributed by atoms with Gasteiger partial charge in [0.1, 0.15) is 0 Å². The molecule has 0 spiro atoms. The lowest BCUT2D eigenvalue weighted by Gasteiger charge is -2.27. The van der Waals surface area contributed by atoms with E-state index < -0.39 is 0 Å². The largest absolute Gasteiger partial charge is 0.331 e. The van der Waals surface area contributed by atoms with Crippen LogP contribution in [-0.4, -0.2) is 40.5 Å². The molecule has 2 aliphatic rings. The van der Waals surface area contributed by atoms with Crippen molar-refractivity contribution in [2.45, 2.75) is 25.4 Å². The zero-order valence-electron chi connectivity index (χ0n) is 11.3. The molecule has 2 aliphatic heterocycles. The van der Waals surface area contributed by atoms with Crippen LogP contribution >= 0.6 is 0 Å². The maximum atomic E-state index is 12.6. The van der Waals surface area contributed by atoms with Crippen LogP contribution in [0, 0.1) is 5.92 Å². The highest BCUT2D eigenvalue weighted by Crippen LogP contribution is 2.33. The number of aromatic nitrogens is 1. The number of rotatable bonds is 1. The van der Waals surface area contributed by atoms with Crippen LogP contribution in [0.3, 0.4) is 0 Å². The second kappa shape index (κ2) is 4.49. The molecule has 2 fully saturated rings. The molecule has 3 atom stereocenters. The Labute approximate surface area is 112 Å². The molecular weight excluding hydrogens is 242 g/mol. The van der Waals surface area contributed by atoms with Crippen molar-refractivity contribution in [2.24, 2.45) is 13.0 Å². The van der Waals surface area contributed by atoms with E-state index >= 15 is 0 Å². The van der Waals surface area contributed by atoms with Crippen LogP contribution < -0.4 is 10.9 Å². The quantitative estimate of drug-likeness (QED) is 0.786. The lowest BCUT2D eigenvalue weighted by molar-refractivity contribution is 0.0682. The van der Waals surface area contributed by atoms with Crippen molar-refractivity contribution in [3.8, 4) is 0 Å². The Bertz CT molecular complexity index is 566. The van der Waals surface area contributed by atoms with E-state index in [1.54, 1.807) is 19.3 Å². The molecule has 1 aromatic heterocycles. The first-order chi connectivity index (χ1) is 9.08. The molecule has 3 heterocycles. The minimum Gasteiger partial charge on any atom is -0.331 e. The van der Waals surface area contributed by atoms with Crippen molar-refractivity contribution < 1.29 is 4.79 Å². The molecule has 1 amide bonds. The fourth-order valence-electron chi connectivity index (χ4n) is 3.35. The molecule has 0 radical (unpaired) electrons. The number of carbonyl (C=O) groups is 1. The van der Waals surface area contributed by atoms with E-state index in [9.17, 15) is 9.59 Å². The van der Waals surface area contributed by atoms with Gasteiger partial charge in [0.05, 0.1) is 0 Å². The van der Waals surface area contributed by atoms with Gasteiger partial charge in [-0.15, -0.1) is 0 Å². The van der Waals surface area contributed by atoms with Gasteiger partial charge in [0.25, 0.3) is 11.5 Å². The van der Waals surface area contributed by atoms with Gasteiger partial charge in [-0.3, -0.25) is 9.59 Å². The normalized spacial score (nSPS) is 29.6. The van der Waals surface area contributed by atoms with Gasteiger partial charge in [0.15, 0.2) is 0 Å². The summed E-state index contributed by atoms with van der Waals surface area (Å²) in [5, 5.41) is 3.34. The Morgan fingerprint density at radius 2 is 2.21 bits per heavy atom. The van der Waals surface area contributed by atoms with E-state index in [1.165, 1.54) is 10.6 Å². The Kier molecular flexibility index (Phi) is 2.93. The number of likely N-dealkylation sites (tertiary alicyclic amines) is 1. The summed E-state index contributed by atoms with van der Waals surface area (Å²) in [4.78, 5) is 26.2. The summed E-state index contributed by atoms with van der Waals surface area (Å²) in [7, 11) is 1.69. The molecule has 1 aromatic rings. The van der Waals surface area contributed by atoms with Gasteiger partial charge >= 0.3 is 0 Å². The Morgan fingerprint density at radius 3 is 2.95 bits per heavy atom. The second-order valence-electron chi connectivity index (χ2n) is 5.65. The summed E-state index contributed by atoms with van der Waals surface area (Å²) in [6.45, 7) is 3.96. The molecule has 19 heavy (non-hydrogen) atoms.